The highest BCUT2D eigenvalue weighted by Crippen LogP contribution is 2.27. The van der Waals surface area contributed by atoms with Crippen LogP contribution in [-0.2, 0) is 13.2 Å². The van der Waals surface area contributed by atoms with Crippen molar-refractivity contribution < 1.29 is 31.5 Å². The van der Waals surface area contributed by atoms with E-state index in [4.69, 9.17) is 9.15 Å². The van der Waals surface area contributed by atoms with E-state index in [1.807, 2.05) is 28.8 Å². The van der Waals surface area contributed by atoms with Gasteiger partial charge in [-0.25, -0.2) is 13.8 Å². The summed E-state index contributed by atoms with van der Waals surface area (Å²) in [5.74, 6) is -8.09. The van der Waals surface area contributed by atoms with Crippen LogP contribution in [0.2, 0.25) is 0 Å². The number of amides is 1. The highest BCUT2D eigenvalue weighted by atomic mass is 19.2. The number of carbonyl (C=O) groups is 1. The summed E-state index contributed by atoms with van der Waals surface area (Å²) in [6.07, 6.45) is 0. The summed E-state index contributed by atoms with van der Waals surface area (Å²) in [6.45, 7) is 6.71. The molecule has 4 aromatic rings. The van der Waals surface area contributed by atoms with E-state index in [2.05, 4.69) is 29.0 Å². The molecular weight excluding hydrogens is 480 g/mol. The molecule has 1 N–H and O–H groups in total. The van der Waals surface area contributed by atoms with Crippen LogP contribution >= 0.6 is 0 Å². The van der Waals surface area contributed by atoms with Crippen molar-refractivity contribution in [3.05, 3.63) is 77.3 Å². The number of furan rings is 1. The maximum absolute atomic E-state index is 13.8. The number of halogens is 4. The zero-order valence-electron chi connectivity index (χ0n) is 19.7. The largest absolute Gasteiger partial charge is 0.479 e. The zero-order chi connectivity index (χ0) is 25.8. The van der Waals surface area contributed by atoms with E-state index >= 15 is 0 Å². The number of nitrogens with one attached hydrogen (secondary N) is 1. The van der Waals surface area contributed by atoms with Gasteiger partial charge in [-0.3, -0.25) is 10.1 Å². The molecule has 0 saturated carbocycles. The summed E-state index contributed by atoms with van der Waals surface area (Å²) in [6, 6.07) is 10.3. The van der Waals surface area contributed by atoms with Crippen LogP contribution in [0.3, 0.4) is 0 Å². The second kappa shape index (κ2) is 10.8. The van der Waals surface area contributed by atoms with Gasteiger partial charge in [-0.05, 0) is 37.4 Å². The monoisotopic (exact) mass is 504 g/mol. The molecule has 0 aliphatic rings. The summed E-state index contributed by atoms with van der Waals surface area (Å²) in [5, 5.41) is 2.74. The predicted octanol–water partition coefficient (Wildman–Crippen LogP) is 5.36. The van der Waals surface area contributed by atoms with Gasteiger partial charge >= 0.3 is 0 Å². The Morgan fingerprint density at radius 3 is 2.44 bits per heavy atom. The van der Waals surface area contributed by atoms with E-state index in [1.165, 1.54) is 12.1 Å². The molecule has 0 atom stereocenters. The van der Waals surface area contributed by atoms with E-state index < -0.39 is 41.5 Å². The first kappa shape index (κ1) is 25.2. The van der Waals surface area contributed by atoms with Gasteiger partial charge in [-0.1, -0.05) is 26.0 Å². The van der Waals surface area contributed by atoms with E-state index in [-0.39, 0.29) is 17.6 Å². The molecule has 4 rings (SSSR count). The summed E-state index contributed by atoms with van der Waals surface area (Å²) < 4.78 is 66.5. The van der Waals surface area contributed by atoms with Gasteiger partial charge in [-0.2, -0.15) is 8.78 Å². The molecule has 7 nitrogen and oxygen atoms in total. The number of imidazole rings is 1. The van der Waals surface area contributed by atoms with Crippen molar-refractivity contribution in [2.75, 3.05) is 25.0 Å². The van der Waals surface area contributed by atoms with E-state index in [1.54, 1.807) is 0 Å². The molecule has 2 heterocycles. The minimum Gasteiger partial charge on any atom is -0.479 e. The molecule has 0 spiro atoms. The van der Waals surface area contributed by atoms with Crippen molar-refractivity contribution in [2.45, 2.75) is 27.0 Å². The molecule has 0 saturated heterocycles. The Morgan fingerprint density at radius 1 is 1.06 bits per heavy atom. The molecule has 2 aromatic heterocycles. The van der Waals surface area contributed by atoms with Gasteiger partial charge in [0.1, 0.15) is 12.4 Å². The zero-order valence-corrected chi connectivity index (χ0v) is 19.7. The Morgan fingerprint density at radius 2 is 1.75 bits per heavy atom. The number of aromatic nitrogens is 2. The average Bonchev–Trinajstić information content (AvgIpc) is 3.48. The number of fused-ring (bicyclic) bond motifs is 1. The Kier molecular flexibility index (Phi) is 7.58. The Labute approximate surface area is 204 Å². The molecule has 190 valence electrons. The van der Waals surface area contributed by atoms with Crippen LogP contribution in [0.4, 0.5) is 23.5 Å². The summed E-state index contributed by atoms with van der Waals surface area (Å²) >= 11 is 0. The highest BCUT2D eigenvalue weighted by molar-refractivity contribution is 6.02. The molecule has 0 unspecified atom stereocenters. The fraction of sp³-hybridized carbons (Fsp3) is 0.280. The van der Waals surface area contributed by atoms with Gasteiger partial charge < -0.3 is 18.6 Å². The second-order valence-electron chi connectivity index (χ2n) is 7.91. The first-order chi connectivity index (χ1) is 17.3. The number of anilines is 1. The summed E-state index contributed by atoms with van der Waals surface area (Å²) in [5.41, 5.74) is 1.58. The van der Waals surface area contributed by atoms with Crippen molar-refractivity contribution in [3.8, 4) is 5.75 Å². The number of likely N-dealkylation sites (N-methyl/N-ethyl adjacent to an activating group) is 1. The first-order valence-electron chi connectivity index (χ1n) is 11.4. The van der Waals surface area contributed by atoms with E-state index in [0.717, 1.165) is 25.2 Å². The molecule has 0 aliphatic heterocycles. The molecule has 11 heteroatoms. The fourth-order valence-corrected chi connectivity index (χ4v) is 3.74. The van der Waals surface area contributed by atoms with Crippen molar-refractivity contribution in [2.24, 2.45) is 0 Å². The van der Waals surface area contributed by atoms with Crippen LogP contribution in [0.15, 0.2) is 46.9 Å². The molecule has 0 radical (unpaired) electrons. The fourth-order valence-electron chi connectivity index (χ4n) is 3.74. The van der Waals surface area contributed by atoms with Crippen LogP contribution in [0.1, 0.15) is 30.2 Å². The molecule has 0 fully saturated rings. The van der Waals surface area contributed by atoms with Crippen molar-refractivity contribution in [1.29, 1.82) is 0 Å². The van der Waals surface area contributed by atoms with Gasteiger partial charge in [0.25, 0.3) is 5.91 Å². The standard InChI is InChI=1S/C25H24F4N4O3/c1-3-32(4-2)11-12-33-19-8-6-5-7-18(19)30-25(33)31-24(34)20-10-9-15(36-20)14-35-23-21(28)16(26)13-17(27)22(23)29/h5-10,13H,3-4,11-12,14H2,1-2H3,(H,30,31,34). The molecule has 0 bridgehead atoms. The lowest BCUT2D eigenvalue weighted by Crippen LogP contribution is -2.27. The number of para-hydroxylation sites is 2. The third kappa shape index (κ3) is 5.20. The Balaban J connectivity index is 1.49. The number of hydrogen-bond acceptors (Lipinski definition) is 5. The van der Waals surface area contributed by atoms with Crippen LogP contribution in [0.25, 0.3) is 11.0 Å². The van der Waals surface area contributed by atoms with Crippen LogP contribution in [0.5, 0.6) is 5.75 Å². The Bertz CT molecular complexity index is 1360. The van der Waals surface area contributed by atoms with Crippen LogP contribution in [0, 0.1) is 23.3 Å². The van der Waals surface area contributed by atoms with Crippen molar-refractivity contribution >= 4 is 22.9 Å². The average molecular weight is 504 g/mol. The number of nitrogens with zero attached hydrogens (tertiary/aromatic N) is 3. The second-order valence-corrected chi connectivity index (χ2v) is 7.91. The smallest absolute Gasteiger partial charge is 0.293 e. The number of hydrogen-bond donors (Lipinski definition) is 1. The van der Waals surface area contributed by atoms with Crippen molar-refractivity contribution in [1.82, 2.24) is 14.5 Å². The SMILES string of the molecule is CCN(CC)CCn1c(NC(=O)c2ccc(COc3c(F)c(F)cc(F)c3F)o2)nc2ccccc21. The molecular formula is C25H24F4N4O3. The van der Waals surface area contributed by atoms with Gasteiger partial charge in [0.2, 0.25) is 17.6 Å². The number of rotatable bonds is 10. The maximum atomic E-state index is 13.8. The van der Waals surface area contributed by atoms with Gasteiger partial charge in [0.15, 0.2) is 23.1 Å². The third-order valence-corrected chi connectivity index (χ3v) is 5.73. The first-order valence-corrected chi connectivity index (χ1v) is 11.4. The minimum atomic E-state index is -1.66. The summed E-state index contributed by atoms with van der Waals surface area (Å²) in [7, 11) is 0. The van der Waals surface area contributed by atoms with E-state index in [9.17, 15) is 22.4 Å². The molecule has 36 heavy (non-hydrogen) atoms. The van der Waals surface area contributed by atoms with Gasteiger partial charge in [0.05, 0.1) is 11.0 Å². The van der Waals surface area contributed by atoms with Crippen molar-refractivity contribution in [3.63, 3.8) is 0 Å². The predicted molar refractivity (Wildman–Crippen MR) is 125 cm³/mol. The highest BCUT2D eigenvalue weighted by Gasteiger charge is 2.22. The summed E-state index contributed by atoms with van der Waals surface area (Å²) in [4.78, 5) is 19.6. The minimum absolute atomic E-state index is 0.0126. The maximum Gasteiger partial charge on any atom is 0.293 e. The molecule has 0 aliphatic carbocycles. The van der Waals surface area contributed by atoms with Gasteiger partial charge in [-0.15, -0.1) is 0 Å². The lowest BCUT2D eigenvalue weighted by atomic mass is 10.3. The van der Waals surface area contributed by atoms with E-state index in [0.29, 0.717) is 18.0 Å². The molecule has 2 aromatic carbocycles. The topological polar surface area (TPSA) is 72.5 Å². The van der Waals surface area contributed by atoms with Crippen LogP contribution in [-0.4, -0.2) is 40.0 Å². The lowest BCUT2D eigenvalue weighted by molar-refractivity contribution is 0.0991. The number of ether oxygens (including phenoxy) is 1. The molecule has 1 amide bonds. The quantitative estimate of drug-likeness (QED) is 0.233. The third-order valence-electron chi connectivity index (χ3n) is 5.73. The number of carbonyl (C=O) groups excluding carboxylic acids is 1. The normalized spacial score (nSPS) is 11.4. The Hall–Kier alpha value is -3.86. The number of benzene rings is 2. The van der Waals surface area contributed by atoms with Crippen LogP contribution < -0.4 is 10.1 Å². The lowest BCUT2D eigenvalue weighted by Gasteiger charge is -2.19. The van der Waals surface area contributed by atoms with Gasteiger partial charge in [0, 0.05) is 19.2 Å².